The predicted molar refractivity (Wildman–Crippen MR) is 52.3 cm³/mol. The van der Waals surface area contributed by atoms with E-state index in [1.807, 2.05) is 0 Å². The smallest absolute Gasteiger partial charge is 0.217 e. The second-order valence-corrected chi connectivity index (χ2v) is 3.30. The van der Waals surface area contributed by atoms with E-state index in [1.165, 1.54) is 0 Å². The van der Waals surface area contributed by atoms with Gasteiger partial charge in [0.1, 0.15) is 6.23 Å². The second kappa shape index (κ2) is 6.18. The maximum absolute atomic E-state index is 10.5. The van der Waals surface area contributed by atoms with Crippen molar-refractivity contribution >= 4 is 18.3 Å². The van der Waals surface area contributed by atoms with Gasteiger partial charge in [-0.2, -0.15) is 0 Å². The molecule has 2 atom stereocenters. The zero-order valence-electron chi connectivity index (χ0n) is 7.57. The molecule has 1 saturated heterocycles. The van der Waals surface area contributed by atoms with Crippen LogP contribution in [0.15, 0.2) is 0 Å². The number of amides is 1. The minimum Gasteiger partial charge on any atom is -0.370 e. The molecule has 0 saturated carbocycles. The van der Waals surface area contributed by atoms with Gasteiger partial charge in [0.15, 0.2) is 0 Å². The summed E-state index contributed by atoms with van der Waals surface area (Å²) in [6.45, 7) is 0.713. The summed E-state index contributed by atoms with van der Waals surface area (Å²) in [5, 5.41) is 0. The van der Waals surface area contributed by atoms with Gasteiger partial charge in [-0.05, 0) is 25.2 Å². The van der Waals surface area contributed by atoms with Crippen molar-refractivity contribution in [2.45, 2.75) is 31.9 Å². The molecule has 4 nitrogen and oxygen atoms in total. The van der Waals surface area contributed by atoms with Crippen LogP contribution in [0.5, 0.6) is 0 Å². The van der Waals surface area contributed by atoms with Crippen molar-refractivity contribution in [2.24, 2.45) is 17.4 Å². The largest absolute Gasteiger partial charge is 0.370 e. The number of halogens is 1. The first-order chi connectivity index (χ1) is 5.68. The van der Waals surface area contributed by atoms with Gasteiger partial charge in [0.05, 0.1) is 0 Å². The third-order valence-electron chi connectivity index (χ3n) is 2.22. The van der Waals surface area contributed by atoms with Gasteiger partial charge < -0.3 is 16.2 Å². The summed E-state index contributed by atoms with van der Waals surface area (Å²) >= 11 is 0. The van der Waals surface area contributed by atoms with E-state index in [4.69, 9.17) is 16.2 Å². The van der Waals surface area contributed by atoms with E-state index in [2.05, 4.69) is 0 Å². The summed E-state index contributed by atoms with van der Waals surface area (Å²) in [5.41, 5.74) is 10.6. The summed E-state index contributed by atoms with van der Waals surface area (Å²) < 4.78 is 5.18. The third-order valence-corrected chi connectivity index (χ3v) is 2.22. The number of carbonyl (C=O) groups is 1. The Kier molecular flexibility index (Phi) is 6.03. The van der Waals surface area contributed by atoms with E-state index in [0.717, 1.165) is 19.3 Å². The molecule has 1 fully saturated rings. The maximum Gasteiger partial charge on any atom is 0.217 e. The Bertz CT molecular complexity index is 166. The highest BCUT2D eigenvalue weighted by Crippen LogP contribution is 2.21. The van der Waals surface area contributed by atoms with Gasteiger partial charge in [-0.3, -0.25) is 4.79 Å². The Morgan fingerprint density at radius 1 is 1.54 bits per heavy atom. The highest BCUT2D eigenvalue weighted by atomic mass is 35.5. The first-order valence-electron chi connectivity index (χ1n) is 4.34. The molecule has 4 N–H and O–H groups in total. The number of rotatable bonds is 3. The summed E-state index contributed by atoms with van der Waals surface area (Å²) in [5.74, 6) is 0.288. The average molecular weight is 209 g/mol. The lowest BCUT2D eigenvalue weighted by Gasteiger charge is -2.26. The van der Waals surface area contributed by atoms with Gasteiger partial charge in [0, 0.05) is 13.0 Å². The van der Waals surface area contributed by atoms with Crippen molar-refractivity contribution in [2.75, 3.05) is 6.61 Å². The van der Waals surface area contributed by atoms with Gasteiger partial charge in [0.2, 0.25) is 5.91 Å². The molecule has 1 aliphatic heterocycles. The standard InChI is InChI=1S/C8H16N2O2.ClH/c9-7(11)2-1-6-3-4-12-8(10)5-6;/h6,8H,1-5,10H2,(H2,9,11);1H. The molecule has 1 heterocycles. The number of nitrogens with two attached hydrogens (primary N) is 2. The molecule has 13 heavy (non-hydrogen) atoms. The molecule has 0 aromatic heterocycles. The lowest BCUT2D eigenvalue weighted by atomic mass is 9.93. The molecule has 2 unspecified atom stereocenters. The lowest BCUT2D eigenvalue weighted by Crippen LogP contribution is -2.33. The molecule has 1 aliphatic rings. The number of ether oxygens (including phenoxy) is 1. The fourth-order valence-corrected chi connectivity index (χ4v) is 1.51. The molecule has 0 aliphatic carbocycles. The molecule has 1 rings (SSSR count). The minimum atomic E-state index is -0.227. The van der Waals surface area contributed by atoms with Crippen LogP contribution in [-0.4, -0.2) is 18.7 Å². The van der Waals surface area contributed by atoms with Crippen LogP contribution >= 0.6 is 12.4 Å². The van der Waals surface area contributed by atoms with Crippen LogP contribution < -0.4 is 11.5 Å². The monoisotopic (exact) mass is 208 g/mol. The van der Waals surface area contributed by atoms with Crippen LogP contribution in [0.25, 0.3) is 0 Å². The van der Waals surface area contributed by atoms with Crippen LogP contribution in [0.3, 0.4) is 0 Å². The van der Waals surface area contributed by atoms with Crippen molar-refractivity contribution in [3.63, 3.8) is 0 Å². The molecule has 5 heteroatoms. The molecular formula is C8H17ClN2O2. The van der Waals surface area contributed by atoms with Crippen molar-refractivity contribution in [3.05, 3.63) is 0 Å². The Balaban J connectivity index is 0.00000144. The van der Waals surface area contributed by atoms with E-state index in [0.29, 0.717) is 18.9 Å². The molecular weight excluding hydrogens is 192 g/mol. The summed E-state index contributed by atoms with van der Waals surface area (Å²) in [6.07, 6.45) is 3.04. The van der Waals surface area contributed by atoms with Crippen LogP contribution in [-0.2, 0) is 9.53 Å². The van der Waals surface area contributed by atoms with Crippen molar-refractivity contribution in [1.29, 1.82) is 0 Å². The average Bonchev–Trinajstić information content (AvgIpc) is 2.01. The highest BCUT2D eigenvalue weighted by Gasteiger charge is 2.19. The minimum absolute atomic E-state index is 0. The third kappa shape index (κ3) is 5.08. The summed E-state index contributed by atoms with van der Waals surface area (Å²) in [6, 6.07) is 0. The van der Waals surface area contributed by atoms with Crippen LogP contribution in [0.2, 0.25) is 0 Å². The fourth-order valence-electron chi connectivity index (χ4n) is 1.51. The summed E-state index contributed by atoms with van der Waals surface area (Å²) in [4.78, 5) is 10.5. The van der Waals surface area contributed by atoms with Crippen molar-refractivity contribution in [3.8, 4) is 0 Å². The quantitative estimate of drug-likeness (QED) is 0.704. The molecule has 0 bridgehead atoms. The van der Waals surface area contributed by atoms with Gasteiger partial charge in [-0.25, -0.2) is 0 Å². The second-order valence-electron chi connectivity index (χ2n) is 3.30. The van der Waals surface area contributed by atoms with Crippen LogP contribution in [0.1, 0.15) is 25.7 Å². The SMILES string of the molecule is Cl.NC(=O)CCC1CCOC(N)C1. The van der Waals surface area contributed by atoms with Crippen LogP contribution in [0.4, 0.5) is 0 Å². The Labute approximate surface area is 84.4 Å². The molecule has 78 valence electrons. The van der Waals surface area contributed by atoms with E-state index in [-0.39, 0.29) is 24.5 Å². The first kappa shape index (κ1) is 12.7. The zero-order valence-corrected chi connectivity index (χ0v) is 8.39. The Hall–Kier alpha value is -0.320. The number of primary amides is 1. The van der Waals surface area contributed by atoms with Gasteiger partial charge in [-0.1, -0.05) is 0 Å². The van der Waals surface area contributed by atoms with Gasteiger partial charge >= 0.3 is 0 Å². The maximum atomic E-state index is 10.5. The topological polar surface area (TPSA) is 78.3 Å². The van der Waals surface area contributed by atoms with Gasteiger partial charge in [0.25, 0.3) is 0 Å². The number of hydrogen-bond donors (Lipinski definition) is 2. The van der Waals surface area contributed by atoms with E-state index < -0.39 is 0 Å². The van der Waals surface area contributed by atoms with E-state index in [9.17, 15) is 4.79 Å². The first-order valence-corrected chi connectivity index (χ1v) is 4.34. The number of hydrogen-bond acceptors (Lipinski definition) is 3. The molecule has 0 aromatic rings. The lowest BCUT2D eigenvalue weighted by molar-refractivity contribution is -0.118. The highest BCUT2D eigenvalue weighted by molar-refractivity contribution is 5.85. The predicted octanol–water partition coefficient (Wildman–Crippen LogP) is 0.385. The van der Waals surface area contributed by atoms with Crippen molar-refractivity contribution < 1.29 is 9.53 Å². The number of carbonyl (C=O) groups excluding carboxylic acids is 1. The normalized spacial score (nSPS) is 27.8. The zero-order chi connectivity index (χ0) is 8.97. The Morgan fingerprint density at radius 3 is 2.77 bits per heavy atom. The molecule has 0 spiro atoms. The van der Waals surface area contributed by atoms with E-state index >= 15 is 0 Å². The molecule has 0 radical (unpaired) electrons. The van der Waals surface area contributed by atoms with Gasteiger partial charge in [-0.15, -0.1) is 12.4 Å². The molecule has 1 amide bonds. The van der Waals surface area contributed by atoms with Crippen LogP contribution in [0, 0.1) is 5.92 Å². The summed E-state index contributed by atoms with van der Waals surface area (Å²) in [7, 11) is 0. The fraction of sp³-hybridized carbons (Fsp3) is 0.875. The Morgan fingerprint density at radius 2 is 2.23 bits per heavy atom. The molecule has 0 aromatic carbocycles. The van der Waals surface area contributed by atoms with Crippen molar-refractivity contribution in [1.82, 2.24) is 0 Å². The van der Waals surface area contributed by atoms with E-state index in [1.54, 1.807) is 0 Å².